The highest BCUT2D eigenvalue weighted by atomic mass is 35.5. The molecule has 2 heterocycles. The van der Waals surface area contributed by atoms with Gasteiger partial charge in [-0.3, -0.25) is 4.79 Å². The van der Waals surface area contributed by atoms with Crippen LogP contribution >= 0.6 is 11.6 Å². The first kappa shape index (κ1) is 19.2. The van der Waals surface area contributed by atoms with Gasteiger partial charge in [0, 0.05) is 17.7 Å². The van der Waals surface area contributed by atoms with Gasteiger partial charge in [0.1, 0.15) is 44.3 Å². The molecule has 1 saturated heterocycles. The molecule has 1 amide bonds. The van der Waals surface area contributed by atoms with Crippen LogP contribution in [0.25, 0.3) is 0 Å². The predicted molar refractivity (Wildman–Crippen MR) is 106 cm³/mol. The Labute approximate surface area is 169 Å². The van der Waals surface area contributed by atoms with E-state index in [9.17, 15) is 9.18 Å². The van der Waals surface area contributed by atoms with E-state index in [2.05, 4.69) is 23.5 Å². The number of piperazine rings is 1. The molecule has 2 aliphatic rings. The lowest BCUT2D eigenvalue weighted by atomic mass is 10.1. The third kappa shape index (κ3) is 4.63. The van der Waals surface area contributed by atoms with Crippen molar-refractivity contribution in [3.63, 3.8) is 0 Å². The van der Waals surface area contributed by atoms with Crippen LogP contribution in [0.5, 0.6) is 5.75 Å². The van der Waals surface area contributed by atoms with E-state index in [1.54, 1.807) is 4.90 Å². The molecular formula is C21H25ClFN3O2+2. The number of carbonyl (C=O) groups is 1. The van der Waals surface area contributed by atoms with Crippen LogP contribution in [0.2, 0.25) is 5.02 Å². The van der Waals surface area contributed by atoms with E-state index in [4.69, 9.17) is 16.3 Å². The molecule has 0 atom stereocenters. The Morgan fingerprint density at radius 1 is 1.11 bits per heavy atom. The van der Waals surface area contributed by atoms with Crippen LogP contribution in [0.3, 0.4) is 0 Å². The second-order valence-electron chi connectivity index (χ2n) is 7.57. The van der Waals surface area contributed by atoms with Gasteiger partial charge in [-0.05, 0) is 42.0 Å². The van der Waals surface area contributed by atoms with E-state index in [-0.39, 0.29) is 10.9 Å². The average molecular weight is 406 g/mol. The number of quaternary nitrogens is 2. The third-order valence-corrected chi connectivity index (χ3v) is 5.78. The molecule has 28 heavy (non-hydrogen) atoms. The summed E-state index contributed by atoms with van der Waals surface area (Å²) in [6, 6.07) is 10.8. The number of rotatable bonds is 5. The Kier molecular flexibility index (Phi) is 5.80. The first-order valence-corrected chi connectivity index (χ1v) is 10.1. The number of nitrogens with one attached hydrogen (secondary N) is 3. The molecule has 2 aromatic rings. The van der Waals surface area contributed by atoms with Crippen molar-refractivity contribution >= 4 is 23.2 Å². The van der Waals surface area contributed by atoms with Crippen LogP contribution in [-0.4, -0.2) is 45.2 Å². The van der Waals surface area contributed by atoms with E-state index in [1.807, 2.05) is 0 Å². The number of benzene rings is 2. The zero-order valence-electron chi connectivity index (χ0n) is 15.7. The lowest BCUT2D eigenvalue weighted by Crippen LogP contribution is -3.28. The van der Waals surface area contributed by atoms with Crippen molar-refractivity contribution in [2.75, 3.05) is 44.6 Å². The van der Waals surface area contributed by atoms with Gasteiger partial charge in [-0.15, -0.1) is 0 Å². The van der Waals surface area contributed by atoms with E-state index in [0.29, 0.717) is 12.2 Å². The minimum atomic E-state index is -0.486. The molecule has 148 valence electrons. The second kappa shape index (κ2) is 8.47. The van der Waals surface area contributed by atoms with Crippen LogP contribution in [0.1, 0.15) is 11.1 Å². The van der Waals surface area contributed by atoms with Gasteiger partial charge in [0.05, 0.1) is 11.6 Å². The Morgan fingerprint density at radius 2 is 1.89 bits per heavy atom. The van der Waals surface area contributed by atoms with Crippen LogP contribution in [0, 0.1) is 5.82 Å². The molecule has 0 saturated carbocycles. The maximum atomic E-state index is 13.2. The zero-order valence-corrected chi connectivity index (χ0v) is 16.4. The summed E-state index contributed by atoms with van der Waals surface area (Å²) in [5, 5.41) is 2.82. The average Bonchev–Trinajstić information content (AvgIpc) is 3.14. The maximum absolute atomic E-state index is 13.2. The summed E-state index contributed by atoms with van der Waals surface area (Å²) in [6.45, 7) is 6.22. The predicted octanol–water partition coefficient (Wildman–Crippen LogP) is 0.336. The summed E-state index contributed by atoms with van der Waals surface area (Å²) in [7, 11) is 0. The van der Waals surface area contributed by atoms with Gasteiger partial charge in [-0.25, -0.2) is 4.39 Å². The van der Waals surface area contributed by atoms with Crippen LogP contribution in [-0.2, 0) is 17.8 Å². The van der Waals surface area contributed by atoms with Gasteiger partial charge in [-0.2, -0.15) is 0 Å². The summed E-state index contributed by atoms with van der Waals surface area (Å²) in [4.78, 5) is 15.1. The van der Waals surface area contributed by atoms with Crippen molar-refractivity contribution in [3.8, 4) is 5.75 Å². The van der Waals surface area contributed by atoms with E-state index in [1.165, 1.54) is 34.2 Å². The summed E-state index contributed by atoms with van der Waals surface area (Å²) >= 11 is 5.76. The van der Waals surface area contributed by atoms with Gasteiger partial charge in [0.25, 0.3) is 5.91 Å². The quantitative estimate of drug-likeness (QED) is 0.671. The van der Waals surface area contributed by atoms with E-state index >= 15 is 0 Å². The molecule has 4 rings (SSSR count). The Hall–Kier alpha value is -2.15. The summed E-state index contributed by atoms with van der Waals surface area (Å²) < 4.78 is 18.8. The topological polar surface area (TPSA) is 47.2 Å². The number of ether oxygens (including phenoxy) is 1. The van der Waals surface area contributed by atoms with Gasteiger partial charge in [0.15, 0.2) is 6.54 Å². The highest BCUT2D eigenvalue weighted by molar-refractivity contribution is 6.31. The number of amides is 1. The molecule has 2 aromatic carbocycles. The second-order valence-corrected chi connectivity index (χ2v) is 7.98. The molecule has 1 fully saturated rings. The smallest absolute Gasteiger partial charge is 0.279 e. The van der Waals surface area contributed by atoms with E-state index in [0.717, 1.165) is 51.5 Å². The van der Waals surface area contributed by atoms with Crippen molar-refractivity contribution in [1.82, 2.24) is 0 Å². The monoisotopic (exact) mass is 405 g/mol. The fourth-order valence-corrected chi connectivity index (χ4v) is 4.14. The van der Waals surface area contributed by atoms with Crippen molar-refractivity contribution in [1.29, 1.82) is 0 Å². The van der Waals surface area contributed by atoms with Crippen molar-refractivity contribution in [3.05, 3.63) is 58.4 Å². The third-order valence-electron chi connectivity index (χ3n) is 5.49. The lowest BCUT2D eigenvalue weighted by molar-refractivity contribution is -1.02. The fourth-order valence-electron chi connectivity index (χ4n) is 3.96. The molecule has 0 spiro atoms. The number of anilines is 1. The normalized spacial score (nSPS) is 21.1. The van der Waals surface area contributed by atoms with Gasteiger partial charge >= 0.3 is 0 Å². The van der Waals surface area contributed by atoms with Crippen molar-refractivity contribution < 1.29 is 23.7 Å². The van der Waals surface area contributed by atoms with Crippen molar-refractivity contribution in [2.24, 2.45) is 0 Å². The van der Waals surface area contributed by atoms with Gasteiger partial charge in [-0.1, -0.05) is 11.6 Å². The Morgan fingerprint density at radius 3 is 2.68 bits per heavy atom. The molecule has 0 radical (unpaired) electrons. The molecule has 0 aromatic heterocycles. The first-order valence-electron chi connectivity index (χ1n) is 9.73. The molecular weight excluding hydrogens is 381 g/mol. The van der Waals surface area contributed by atoms with Gasteiger partial charge in [0.2, 0.25) is 0 Å². The standard InChI is InChI=1S/C21H23ClFN3O2/c22-18-12-17(2-3-19(18)23)24-21(27)14-26-8-6-25(7-9-26)13-15-1-4-20-16(11-15)5-10-28-20/h1-4,11-12H,5-10,13-14H2,(H,24,27)/p+2. The SMILES string of the molecule is O=C(C[NH+]1CC[NH+](Cc2ccc3c(c2)CCO3)CC1)Nc1ccc(F)c(Cl)c1. The highest BCUT2D eigenvalue weighted by Gasteiger charge is 2.25. The highest BCUT2D eigenvalue weighted by Crippen LogP contribution is 2.25. The molecule has 0 unspecified atom stereocenters. The number of fused-ring (bicyclic) bond motifs is 1. The number of hydrogen-bond donors (Lipinski definition) is 3. The number of hydrogen-bond acceptors (Lipinski definition) is 2. The lowest BCUT2D eigenvalue weighted by Gasteiger charge is -2.29. The number of carbonyl (C=O) groups excluding carboxylic acids is 1. The molecule has 3 N–H and O–H groups in total. The summed E-state index contributed by atoms with van der Waals surface area (Å²) in [5.41, 5.74) is 3.20. The maximum Gasteiger partial charge on any atom is 0.279 e. The van der Waals surface area contributed by atoms with Gasteiger partial charge < -0.3 is 19.9 Å². The fraction of sp³-hybridized carbons (Fsp3) is 0.381. The molecule has 7 heteroatoms. The zero-order chi connectivity index (χ0) is 19.5. The molecule has 0 bridgehead atoms. The minimum Gasteiger partial charge on any atom is -0.493 e. The Balaban J connectivity index is 1.23. The molecule has 2 aliphatic heterocycles. The summed E-state index contributed by atoms with van der Waals surface area (Å²) in [6.07, 6.45) is 1.00. The molecule has 5 nitrogen and oxygen atoms in total. The van der Waals surface area contributed by atoms with Crippen LogP contribution < -0.4 is 19.9 Å². The number of halogens is 2. The molecule has 0 aliphatic carbocycles. The van der Waals surface area contributed by atoms with Crippen LogP contribution in [0.4, 0.5) is 10.1 Å². The minimum absolute atomic E-state index is 0.0143. The van der Waals surface area contributed by atoms with E-state index < -0.39 is 5.82 Å². The van der Waals surface area contributed by atoms with Crippen LogP contribution in [0.15, 0.2) is 36.4 Å². The first-order chi connectivity index (χ1) is 13.6. The Bertz CT molecular complexity index is 869. The largest absolute Gasteiger partial charge is 0.493 e. The summed E-state index contributed by atoms with van der Waals surface area (Å²) in [5.74, 6) is 0.474. The van der Waals surface area contributed by atoms with Crippen molar-refractivity contribution in [2.45, 2.75) is 13.0 Å².